The molecule has 0 unspecified atom stereocenters. The molecule has 0 atom stereocenters. The number of nitrogens with zero attached hydrogens (tertiary/aromatic N) is 3. The van der Waals surface area contributed by atoms with Gasteiger partial charge in [-0.05, 0) is 61.4 Å². The number of carbonyl (C=O) groups excluding carboxylic acids is 2. The number of aromatic nitrogens is 3. The molecule has 2 heterocycles. The number of nitrogens with two attached hydrogens (primary N) is 1. The van der Waals surface area contributed by atoms with Crippen molar-refractivity contribution in [1.29, 1.82) is 0 Å². The zero-order chi connectivity index (χ0) is 24.5. The molecular weight excluding hydrogens is 456 g/mol. The van der Waals surface area contributed by atoms with Crippen molar-refractivity contribution < 1.29 is 23.1 Å². The summed E-state index contributed by atoms with van der Waals surface area (Å²) < 4.78 is 35.6. The van der Waals surface area contributed by atoms with E-state index in [1.165, 1.54) is 59.4 Å². The average molecular weight is 475 g/mol. The Morgan fingerprint density at radius 2 is 1.83 bits per heavy atom. The summed E-state index contributed by atoms with van der Waals surface area (Å²) in [5.41, 5.74) is 6.21. The van der Waals surface area contributed by atoms with Crippen LogP contribution in [0.25, 0.3) is 17.1 Å². The van der Waals surface area contributed by atoms with Crippen LogP contribution in [0.4, 0.5) is 14.6 Å². The summed E-state index contributed by atoms with van der Waals surface area (Å²) >= 11 is 0. The number of amides is 2. The Morgan fingerprint density at radius 3 is 2.51 bits per heavy atom. The maximum absolute atomic E-state index is 15.0. The van der Waals surface area contributed by atoms with E-state index in [0.717, 1.165) is 12.8 Å². The molecule has 176 valence electrons. The van der Waals surface area contributed by atoms with Gasteiger partial charge >= 0.3 is 0 Å². The van der Waals surface area contributed by atoms with E-state index in [1.807, 2.05) is 0 Å². The largest absolute Gasteiger partial charge is 0.454 e. The van der Waals surface area contributed by atoms with E-state index < -0.39 is 17.5 Å². The van der Waals surface area contributed by atoms with Gasteiger partial charge in [-0.2, -0.15) is 0 Å². The number of benzene rings is 2. The van der Waals surface area contributed by atoms with Crippen LogP contribution in [-0.4, -0.2) is 26.3 Å². The number of nitrogens with one attached hydrogen (secondary N) is 1. The minimum absolute atomic E-state index is 0.0175. The monoisotopic (exact) mass is 475 g/mol. The molecule has 0 spiro atoms. The summed E-state index contributed by atoms with van der Waals surface area (Å²) in [4.78, 5) is 32.0. The van der Waals surface area contributed by atoms with Crippen LogP contribution in [0.15, 0.2) is 67.0 Å². The van der Waals surface area contributed by atoms with Gasteiger partial charge in [0.1, 0.15) is 28.9 Å². The average Bonchev–Trinajstić information content (AvgIpc) is 3.60. The fourth-order valence-corrected chi connectivity index (χ4v) is 3.47. The van der Waals surface area contributed by atoms with Crippen molar-refractivity contribution in [2.24, 2.45) is 11.7 Å². The van der Waals surface area contributed by atoms with E-state index in [0.29, 0.717) is 22.8 Å². The highest BCUT2D eigenvalue weighted by Gasteiger charge is 2.29. The topological polar surface area (TPSA) is 112 Å². The van der Waals surface area contributed by atoms with E-state index in [-0.39, 0.29) is 29.1 Å². The lowest BCUT2D eigenvalue weighted by atomic mass is 10.2. The van der Waals surface area contributed by atoms with Gasteiger partial charge in [0.05, 0.1) is 0 Å². The molecule has 3 N–H and O–H groups in total. The van der Waals surface area contributed by atoms with Gasteiger partial charge < -0.3 is 15.8 Å². The number of anilines is 1. The van der Waals surface area contributed by atoms with Crippen LogP contribution in [0.2, 0.25) is 0 Å². The van der Waals surface area contributed by atoms with Crippen LogP contribution < -0.4 is 15.8 Å². The van der Waals surface area contributed by atoms with E-state index in [1.54, 1.807) is 12.1 Å². The summed E-state index contributed by atoms with van der Waals surface area (Å²) in [5, 5.41) is 2.72. The molecule has 0 saturated heterocycles. The fourth-order valence-electron chi connectivity index (χ4n) is 3.47. The van der Waals surface area contributed by atoms with E-state index in [2.05, 4.69) is 15.3 Å². The van der Waals surface area contributed by atoms with E-state index in [9.17, 15) is 14.0 Å². The number of pyridine rings is 1. The molecule has 0 bridgehead atoms. The Hall–Kier alpha value is -4.60. The number of imidazole rings is 1. The SMILES string of the molecule is NC(=O)c1cn(-c2ccc(F)cc2)c(-c2ccc(Oc3ccnc(NC(=O)C4CC4)c3)c(F)c2)n1. The molecular formula is C25H19F2N5O3. The highest BCUT2D eigenvalue weighted by molar-refractivity contribution is 5.93. The molecule has 2 aromatic heterocycles. The van der Waals surface area contributed by atoms with E-state index >= 15 is 4.39 Å². The molecule has 1 aliphatic carbocycles. The van der Waals surface area contributed by atoms with Gasteiger partial charge in [0, 0.05) is 35.6 Å². The quantitative estimate of drug-likeness (QED) is 0.410. The molecule has 1 saturated carbocycles. The molecule has 0 radical (unpaired) electrons. The number of halogens is 2. The van der Waals surface area contributed by atoms with Crippen molar-refractivity contribution >= 4 is 17.6 Å². The number of hydrogen-bond acceptors (Lipinski definition) is 5. The van der Waals surface area contributed by atoms with Crippen LogP contribution in [0, 0.1) is 17.6 Å². The molecule has 2 amide bonds. The summed E-state index contributed by atoms with van der Waals surface area (Å²) in [6, 6.07) is 12.8. The third-order valence-electron chi connectivity index (χ3n) is 5.41. The summed E-state index contributed by atoms with van der Waals surface area (Å²) in [5.74, 6) is -1.16. The van der Waals surface area contributed by atoms with Crippen molar-refractivity contribution in [3.63, 3.8) is 0 Å². The van der Waals surface area contributed by atoms with Gasteiger partial charge in [0.2, 0.25) is 5.91 Å². The molecule has 10 heteroatoms. The molecule has 8 nitrogen and oxygen atoms in total. The predicted molar refractivity (Wildman–Crippen MR) is 123 cm³/mol. The van der Waals surface area contributed by atoms with Crippen LogP contribution in [0.1, 0.15) is 23.3 Å². The van der Waals surface area contributed by atoms with Gasteiger partial charge in [-0.1, -0.05) is 0 Å². The first-order valence-corrected chi connectivity index (χ1v) is 10.8. The van der Waals surface area contributed by atoms with Gasteiger partial charge in [-0.3, -0.25) is 14.2 Å². The fraction of sp³-hybridized carbons (Fsp3) is 0.120. The third-order valence-corrected chi connectivity index (χ3v) is 5.41. The summed E-state index contributed by atoms with van der Waals surface area (Å²) in [6.45, 7) is 0. The second-order valence-electron chi connectivity index (χ2n) is 8.05. The number of ether oxygens (including phenoxy) is 1. The zero-order valence-corrected chi connectivity index (χ0v) is 18.2. The minimum atomic E-state index is -0.755. The van der Waals surface area contributed by atoms with Crippen LogP contribution in [0.5, 0.6) is 11.5 Å². The third kappa shape index (κ3) is 4.86. The molecule has 1 fully saturated rings. The normalized spacial score (nSPS) is 12.9. The summed E-state index contributed by atoms with van der Waals surface area (Å²) in [7, 11) is 0. The second-order valence-corrected chi connectivity index (χ2v) is 8.05. The molecule has 1 aliphatic rings. The van der Waals surface area contributed by atoms with E-state index in [4.69, 9.17) is 10.5 Å². The molecule has 4 aromatic rings. The summed E-state index contributed by atoms with van der Waals surface area (Å²) in [6.07, 6.45) is 4.58. The van der Waals surface area contributed by atoms with Crippen LogP contribution >= 0.6 is 0 Å². The highest BCUT2D eigenvalue weighted by Crippen LogP contribution is 2.32. The van der Waals surface area contributed by atoms with Gasteiger partial charge in [0.15, 0.2) is 11.6 Å². The molecule has 0 aliphatic heterocycles. The molecule has 2 aromatic carbocycles. The molecule has 5 rings (SSSR count). The number of hydrogen-bond donors (Lipinski definition) is 2. The van der Waals surface area contributed by atoms with Gasteiger partial charge in [-0.15, -0.1) is 0 Å². The zero-order valence-electron chi connectivity index (χ0n) is 18.2. The highest BCUT2D eigenvalue weighted by atomic mass is 19.1. The van der Waals surface area contributed by atoms with Gasteiger partial charge in [-0.25, -0.2) is 18.7 Å². The van der Waals surface area contributed by atoms with Crippen molar-refractivity contribution in [3.05, 3.63) is 84.3 Å². The Kier molecular flexibility index (Phi) is 5.69. The lowest BCUT2D eigenvalue weighted by Crippen LogP contribution is -2.14. The maximum Gasteiger partial charge on any atom is 0.268 e. The van der Waals surface area contributed by atoms with Gasteiger partial charge in [0.25, 0.3) is 5.91 Å². The van der Waals surface area contributed by atoms with Crippen molar-refractivity contribution in [2.45, 2.75) is 12.8 Å². The van der Waals surface area contributed by atoms with Crippen molar-refractivity contribution in [1.82, 2.24) is 14.5 Å². The van der Waals surface area contributed by atoms with Crippen LogP contribution in [-0.2, 0) is 4.79 Å². The smallest absolute Gasteiger partial charge is 0.268 e. The lowest BCUT2D eigenvalue weighted by molar-refractivity contribution is -0.117. The minimum Gasteiger partial charge on any atom is -0.454 e. The van der Waals surface area contributed by atoms with Crippen molar-refractivity contribution in [3.8, 4) is 28.6 Å². The first-order valence-electron chi connectivity index (χ1n) is 10.8. The number of rotatable bonds is 7. The molecule has 35 heavy (non-hydrogen) atoms. The predicted octanol–water partition coefficient (Wildman–Crippen LogP) is 4.45. The van der Waals surface area contributed by atoms with Crippen LogP contribution in [0.3, 0.4) is 0 Å². The number of primary amides is 1. The Bertz CT molecular complexity index is 1430. The lowest BCUT2D eigenvalue weighted by Gasteiger charge is -2.11. The van der Waals surface area contributed by atoms with Crippen molar-refractivity contribution in [2.75, 3.05) is 5.32 Å². The number of carbonyl (C=O) groups is 2. The first-order chi connectivity index (χ1) is 16.9. The first kappa shape index (κ1) is 22.2. The standard InChI is InChI=1S/C25H19F2N5O3/c26-16-4-6-17(7-5-16)32-13-20(23(28)33)30-24(32)15-3-8-21(19(27)11-15)35-18-9-10-29-22(12-18)31-25(34)14-1-2-14/h3-14H,1-2H2,(H2,28,33)(H,29,31,34). The Morgan fingerprint density at radius 1 is 1.06 bits per heavy atom. The Labute approximate surface area is 198 Å². The Balaban J connectivity index is 1.42. The maximum atomic E-state index is 15.0. The second kappa shape index (κ2) is 8.98.